The van der Waals surface area contributed by atoms with E-state index >= 15 is 0 Å². The third-order valence-corrected chi connectivity index (χ3v) is 4.78. The molecule has 0 amide bonds. The van der Waals surface area contributed by atoms with Crippen LogP contribution >= 0.6 is 0 Å². The van der Waals surface area contributed by atoms with Gasteiger partial charge < -0.3 is 9.30 Å². The Morgan fingerprint density at radius 3 is 2.77 bits per heavy atom. The van der Waals surface area contributed by atoms with Gasteiger partial charge in [0, 0.05) is 47.5 Å². The second kappa shape index (κ2) is 9.19. The minimum Gasteiger partial charge on any atom is -0.380 e. The molecule has 0 fully saturated rings. The van der Waals surface area contributed by atoms with Gasteiger partial charge in [0.05, 0.1) is 23.4 Å². The topological polar surface area (TPSA) is 118 Å². The molecule has 9 heteroatoms. The molecule has 0 aliphatic heterocycles. The highest BCUT2D eigenvalue weighted by Crippen LogP contribution is 2.23. The van der Waals surface area contributed by atoms with Crippen LogP contribution in [0.3, 0.4) is 0 Å². The average molecular weight is 418 g/mol. The quantitative estimate of drug-likeness (QED) is 0.349. The number of hydrogen-bond donors (Lipinski definition) is 1. The molecule has 2 aromatic heterocycles. The van der Waals surface area contributed by atoms with Gasteiger partial charge in [-0.15, -0.1) is 0 Å². The van der Waals surface area contributed by atoms with Gasteiger partial charge >= 0.3 is 0 Å². The second-order valence-corrected chi connectivity index (χ2v) is 7.00. The molecule has 158 valence electrons. The highest BCUT2D eigenvalue weighted by atomic mass is 16.6. The van der Waals surface area contributed by atoms with Gasteiger partial charge in [0.1, 0.15) is 11.6 Å². The molecular weight excluding hydrogens is 396 g/mol. The number of ether oxygens (including phenoxy) is 1. The van der Waals surface area contributed by atoms with E-state index in [-0.39, 0.29) is 5.69 Å². The highest BCUT2D eigenvalue weighted by Gasteiger charge is 2.14. The second-order valence-electron chi connectivity index (χ2n) is 7.00. The van der Waals surface area contributed by atoms with Crippen molar-refractivity contribution in [3.05, 3.63) is 80.3 Å². The lowest BCUT2D eigenvalue weighted by molar-refractivity contribution is -0.384. The summed E-state index contributed by atoms with van der Waals surface area (Å²) < 4.78 is 7.09. The van der Waals surface area contributed by atoms with Gasteiger partial charge in [-0.1, -0.05) is 6.07 Å². The Balaban J connectivity index is 1.90. The number of nitrogens with one attached hydrogen (secondary N) is 1. The van der Waals surface area contributed by atoms with Crippen molar-refractivity contribution in [3.8, 4) is 11.8 Å². The molecule has 0 atom stereocenters. The monoisotopic (exact) mass is 418 g/mol. The molecule has 0 unspecified atom stereocenters. The molecule has 1 aromatic carbocycles. The molecule has 2 heterocycles. The van der Waals surface area contributed by atoms with Crippen molar-refractivity contribution in [2.24, 2.45) is 5.10 Å². The Labute approximate surface area is 179 Å². The summed E-state index contributed by atoms with van der Waals surface area (Å²) in [5, 5.41) is 24.9. The van der Waals surface area contributed by atoms with Crippen LogP contribution in [0.15, 0.2) is 41.5 Å². The number of rotatable bonds is 7. The predicted molar refractivity (Wildman–Crippen MR) is 118 cm³/mol. The minimum absolute atomic E-state index is 0.0308. The summed E-state index contributed by atoms with van der Waals surface area (Å²) in [6.45, 7) is 5.97. The summed E-state index contributed by atoms with van der Waals surface area (Å²) in [6.07, 6.45) is 1.64. The van der Waals surface area contributed by atoms with E-state index in [4.69, 9.17) is 4.74 Å². The number of nitriles is 1. The molecule has 0 saturated carbocycles. The number of nitrogens with zero attached hydrogens (tertiary/aromatic N) is 5. The fourth-order valence-corrected chi connectivity index (χ4v) is 3.44. The van der Waals surface area contributed by atoms with E-state index < -0.39 is 4.92 Å². The maximum absolute atomic E-state index is 11.1. The number of methoxy groups -OCH3 is 1. The Kier molecular flexibility index (Phi) is 6.43. The molecule has 3 aromatic rings. The zero-order valence-electron chi connectivity index (χ0n) is 17.7. The number of nitro benzene ring substituents is 1. The number of non-ortho nitro benzene ring substituents is 1. The molecule has 9 nitrogen and oxygen atoms in total. The molecule has 0 aliphatic carbocycles. The lowest BCUT2D eigenvalue weighted by Gasteiger charge is -2.10. The van der Waals surface area contributed by atoms with Crippen LogP contribution in [0.25, 0.3) is 5.69 Å². The van der Waals surface area contributed by atoms with Gasteiger partial charge in [0.2, 0.25) is 0 Å². The van der Waals surface area contributed by atoms with E-state index in [0.29, 0.717) is 23.7 Å². The van der Waals surface area contributed by atoms with Crippen LogP contribution in [0.1, 0.15) is 33.8 Å². The van der Waals surface area contributed by atoms with Crippen molar-refractivity contribution in [2.75, 3.05) is 12.5 Å². The van der Waals surface area contributed by atoms with E-state index in [1.165, 1.54) is 12.1 Å². The van der Waals surface area contributed by atoms with E-state index in [0.717, 1.165) is 28.2 Å². The SMILES string of the molecule is COCc1cc(C)nc(N/N=C\c2cc(C)n(-c3cccc([N+](=O)[O-])c3)c2C)c1C#N. The maximum Gasteiger partial charge on any atom is 0.271 e. The summed E-state index contributed by atoms with van der Waals surface area (Å²) in [4.78, 5) is 15.1. The van der Waals surface area contributed by atoms with E-state index in [1.807, 2.05) is 43.5 Å². The molecule has 0 aliphatic rings. The number of pyridine rings is 1. The summed E-state index contributed by atoms with van der Waals surface area (Å²) in [7, 11) is 1.57. The van der Waals surface area contributed by atoms with Gasteiger partial charge in [-0.3, -0.25) is 15.5 Å². The fourth-order valence-electron chi connectivity index (χ4n) is 3.44. The normalized spacial score (nSPS) is 10.9. The number of nitro groups is 1. The van der Waals surface area contributed by atoms with Crippen LogP contribution in [0, 0.1) is 42.2 Å². The van der Waals surface area contributed by atoms with Gasteiger partial charge in [0.15, 0.2) is 5.82 Å². The Morgan fingerprint density at radius 1 is 1.32 bits per heavy atom. The molecule has 0 saturated heterocycles. The first kappa shape index (κ1) is 21.7. The zero-order chi connectivity index (χ0) is 22.5. The molecule has 31 heavy (non-hydrogen) atoms. The van der Waals surface area contributed by atoms with Crippen LogP contribution in [-0.4, -0.2) is 27.8 Å². The van der Waals surface area contributed by atoms with E-state index in [9.17, 15) is 15.4 Å². The van der Waals surface area contributed by atoms with Crippen molar-refractivity contribution >= 4 is 17.7 Å². The van der Waals surface area contributed by atoms with Crippen LogP contribution in [0.5, 0.6) is 0 Å². The summed E-state index contributed by atoms with van der Waals surface area (Å²) >= 11 is 0. The number of hydrogen-bond acceptors (Lipinski definition) is 7. The molecular formula is C22H22N6O3. The molecule has 0 radical (unpaired) electrons. The first-order chi connectivity index (χ1) is 14.8. The summed E-state index contributed by atoms with van der Waals surface area (Å²) in [5.74, 6) is 0.360. The van der Waals surface area contributed by atoms with Crippen molar-refractivity contribution in [1.82, 2.24) is 9.55 Å². The van der Waals surface area contributed by atoms with Crippen LogP contribution in [0.4, 0.5) is 11.5 Å². The van der Waals surface area contributed by atoms with Gasteiger partial charge in [-0.05, 0) is 39.0 Å². The van der Waals surface area contributed by atoms with Crippen molar-refractivity contribution in [2.45, 2.75) is 27.4 Å². The van der Waals surface area contributed by atoms with Crippen LogP contribution in [-0.2, 0) is 11.3 Å². The largest absolute Gasteiger partial charge is 0.380 e. The third kappa shape index (κ3) is 4.60. The summed E-state index contributed by atoms with van der Waals surface area (Å²) in [6, 6.07) is 12.4. The first-order valence-electron chi connectivity index (χ1n) is 9.48. The van der Waals surface area contributed by atoms with Crippen molar-refractivity contribution in [1.29, 1.82) is 5.26 Å². The Morgan fingerprint density at radius 2 is 2.10 bits per heavy atom. The van der Waals surface area contributed by atoms with Gasteiger partial charge in [-0.2, -0.15) is 10.4 Å². The number of aryl methyl sites for hydroxylation is 2. The van der Waals surface area contributed by atoms with Gasteiger partial charge in [-0.25, -0.2) is 4.98 Å². The first-order valence-corrected chi connectivity index (χ1v) is 9.48. The summed E-state index contributed by atoms with van der Waals surface area (Å²) in [5.41, 5.74) is 8.07. The Bertz CT molecular complexity index is 1210. The number of hydrazone groups is 1. The van der Waals surface area contributed by atoms with Gasteiger partial charge in [0.25, 0.3) is 5.69 Å². The van der Waals surface area contributed by atoms with Crippen LogP contribution < -0.4 is 5.43 Å². The highest BCUT2D eigenvalue weighted by molar-refractivity contribution is 5.83. The zero-order valence-corrected chi connectivity index (χ0v) is 17.7. The lowest BCUT2D eigenvalue weighted by Crippen LogP contribution is -2.04. The molecule has 0 bridgehead atoms. The van der Waals surface area contributed by atoms with Crippen molar-refractivity contribution in [3.63, 3.8) is 0 Å². The van der Waals surface area contributed by atoms with Crippen molar-refractivity contribution < 1.29 is 9.66 Å². The predicted octanol–water partition coefficient (Wildman–Crippen LogP) is 4.17. The third-order valence-electron chi connectivity index (χ3n) is 4.78. The standard InChI is InChI=1S/C22H22N6O3/c1-14-8-18(13-31-4)21(11-23)22(25-14)26-24-12-17-9-15(2)27(16(17)3)19-6-5-7-20(10-19)28(29)30/h5-10,12H,13H2,1-4H3,(H,25,26)/b24-12-. The molecule has 3 rings (SSSR count). The number of benzene rings is 1. The minimum atomic E-state index is -0.413. The lowest BCUT2D eigenvalue weighted by atomic mass is 10.1. The smallest absolute Gasteiger partial charge is 0.271 e. The number of aromatic nitrogens is 2. The molecule has 1 N–H and O–H groups in total. The van der Waals surface area contributed by atoms with E-state index in [1.54, 1.807) is 19.4 Å². The van der Waals surface area contributed by atoms with Crippen LogP contribution in [0.2, 0.25) is 0 Å². The fraction of sp³-hybridized carbons (Fsp3) is 0.227. The van der Waals surface area contributed by atoms with E-state index in [2.05, 4.69) is 21.6 Å². The molecule has 0 spiro atoms. The average Bonchev–Trinajstić information content (AvgIpc) is 3.01. The number of anilines is 1. The maximum atomic E-state index is 11.1. The Hall–Kier alpha value is -4.03.